The zero-order valence-electron chi connectivity index (χ0n) is 18.5. The van der Waals surface area contributed by atoms with E-state index in [0.29, 0.717) is 12.4 Å². The molecule has 6 nitrogen and oxygen atoms in total. The van der Waals surface area contributed by atoms with Crippen molar-refractivity contribution in [2.75, 3.05) is 6.61 Å². The smallest absolute Gasteiger partial charge is 0.241 e. The Morgan fingerprint density at radius 2 is 1.61 bits per heavy atom. The van der Waals surface area contributed by atoms with Crippen LogP contribution in [0.15, 0.2) is 88.2 Å². The Hall–Kier alpha value is -2.68. The lowest BCUT2D eigenvalue weighted by atomic mass is 10.0. The van der Waals surface area contributed by atoms with Gasteiger partial charge >= 0.3 is 0 Å². The van der Waals surface area contributed by atoms with Crippen LogP contribution < -0.4 is 14.8 Å². The first kappa shape index (κ1) is 25.0. The summed E-state index contributed by atoms with van der Waals surface area (Å²) in [4.78, 5) is 13.2. The number of nitrogens with one attached hydrogen (secondary N) is 2. The average Bonchev–Trinajstić information content (AvgIpc) is 2.80. The fourth-order valence-corrected chi connectivity index (χ4v) is 4.78. The highest BCUT2D eigenvalue weighted by Crippen LogP contribution is 2.19. The van der Waals surface area contributed by atoms with Crippen LogP contribution in [0.4, 0.5) is 0 Å². The fourth-order valence-electron chi connectivity index (χ4n) is 3.32. The Morgan fingerprint density at radius 3 is 2.21 bits per heavy atom. The molecule has 0 aliphatic carbocycles. The zero-order chi connectivity index (χ0) is 23.8. The maximum Gasteiger partial charge on any atom is 0.241 e. The van der Waals surface area contributed by atoms with E-state index in [1.807, 2.05) is 68.4 Å². The normalized spacial score (nSPS) is 13.2. The van der Waals surface area contributed by atoms with Crippen molar-refractivity contribution in [1.29, 1.82) is 0 Å². The first-order chi connectivity index (χ1) is 15.8. The van der Waals surface area contributed by atoms with Gasteiger partial charge in [-0.2, -0.15) is 4.72 Å². The maximum atomic E-state index is 13.2. The van der Waals surface area contributed by atoms with Crippen molar-refractivity contribution in [3.05, 3.63) is 94.5 Å². The van der Waals surface area contributed by atoms with Gasteiger partial charge in [0.05, 0.1) is 17.5 Å². The fraction of sp³-hybridized carbons (Fsp3) is 0.240. The number of hydrogen-bond donors (Lipinski definition) is 2. The first-order valence-electron chi connectivity index (χ1n) is 10.6. The molecule has 2 N–H and O–H groups in total. The van der Waals surface area contributed by atoms with Crippen molar-refractivity contribution >= 4 is 31.9 Å². The van der Waals surface area contributed by atoms with Gasteiger partial charge in [0.2, 0.25) is 15.9 Å². The van der Waals surface area contributed by atoms with E-state index in [1.54, 1.807) is 12.1 Å². The average molecular weight is 531 g/mol. The van der Waals surface area contributed by atoms with Crippen LogP contribution in [0, 0.1) is 0 Å². The number of carbonyl (C=O) groups is 1. The van der Waals surface area contributed by atoms with Crippen molar-refractivity contribution in [2.45, 2.75) is 37.2 Å². The third-order valence-corrected chi connectivity index (χ3v) is 7.09. The molecule has 0 saturated carbocycles. The van der Waals surface area contributed by atoms with Crippen LogP contribution in [-0.2, 0) is 21.2 Å². The van der Waals surface area contributed by atoms with E-state index in [2.05, 4.69) is 26.0 Å². The van der Waals surface area contributed by atoms with Gasteiger partial charge in [-0.25, -0.2) is 8.42 Å². The molecule has 3 aromatic carbocycles. The minimum Gasteiger partial charge on any atom is -0.494 e. The van der Waals surface area contributed by atoms with Gasteiger partial charge in [-0.1, -0.05) is 58.4 Å². The van der Waals surface area contributed by atoms with Gasteiger partial charge in [-0.15, -0.1) is 0 Å². The summed E-state index contributed by atoms with van der Waals surface area (Å²) in [5.74, 6) is 0.183. The Labute approximate surface area is 203 Å². The minimum absolute atomic E-state index is 0.0674. The summed E-state index contributed by atoms with van der Waals surface area (Å²) in [6.45, 7) is 4.20. The molecule has 0 fully saturated rings. The Kier molecular flexibility index (Phi) is 8.66. The monoisotopic (exact) mass is 530 g/mol. The van der Waals surface area contributed by atoms with E-state index in [-0.39, 0.29) is 17.4 Å². The Balaban J connectivity index is 1.80. The lowest BCUT2D eigenvalue weighted by molar-refractivity contribution is -0.123. The molecule has 0 saturated heterocycles. The SMILES string of the molecule is CCOc1ccc(S(=O)(=O)NC(Cc2ccccc2)C(=O)NC(C)c2ccc(Br)cc2)cc1. The molecule has 174 valence electrons. The largest absolute Gasteiger partial charge is 0.494 e. The second kappa shape index (κ2) is 11.4. The number of sulfonamides is 1. The molecular weight excluding hydrogens is 504 g/mol. The molecule has 0 aromatic heterocycles. The summed E-state index contributed by atoms with van der Waals surface area (Å²) in [6.07, 6.45) is 0.218. The highest BCUT2D eigenvalue weighted by atomic mass is 79.9. The number of benzene rings is 3. The van der Waals surface area contributed by atoms with E-state index in [0.717, 1.165) is 15.6 Å². The lowest BCUT2D eigenvalue weighted by Gasteiger charge is -2.22. The van der Waals surface area contributed by atoms with Crippen molar-refractivity contribution in [3.8, 4) is 5.75 Å². The van der Waals surface area contributed by atoms with Gasteiger partial charge in [0.1, 0.15) is 11.8 Å². The Morgan fingerprint density at radius 1 is 0.970 bits per heavy atom. The number of carbonyl (C=O) groups excluding carboxylic acids is 1. The quantitative estimate of drug-likeness (QED) is 0.400. The minimum atomic E-state index is -3.93. The zero-order valence-corrected chi connectivity index (χ0v) is 20.9. The number of rotatable bonds is 10. The number of halogens is 1. The Bertz CT molecular complexity index is 1150. The summed E-state index contributed by atoms with van der Waals surface area (Å²) in [6, 6.07) is 21.8. The van der Waals surface area contributed by atoms with Crippen molar-refractivity contribution < 1.29 is 17.9 Å². The van der Waals surface area contributed by atoms with E-state index in [1.165, 1.54) is 12.1 Å². The topological polar surface area (TPSA) is 84.5 Å². The van der Waals surface area contributed by atoms with E-state index in [9.17, 15) is 13.2 Å². The molecule has 0 radical (unpaired) electrons. The van der Waals surface area contributed by atoms with E-state index >= 15 is 0 Å². The summed E-state index contributed by atoms with van der Waals surface area (Å²) in [5, 5.41) is 2.93. The first-order valence-corrected chi connectivity index (χ1v) is 12.9. The number of hydrogen-bond acceptors (Lipinski definition) is 4. The van der Waals surface area contributed by atoms with Crippen LogP contribution in [-0.4, -0.2) is 27.0 Å². The molecule has 1 amide bonds. The predicted octanol–water partition coefficient (Wildman–Crippen LogP) is 4.61. The van der Waals surface area contributed by atoms with Gasteiger partial charge in [-0.3, -0.25) is 4.79 Å². The van der Waals surface area contributed by atoms with Crippen molar-refractivity contribution in [2.24, 2.45) is 0 Å². The lowest BCUT2D eigenvalue weighted by Crippen LogP contribution is -2.48. The molecule has 2 atom stereocenters. The highest BCUT2D eigenvalue weighted by molar-refractivity contribution is 9.10. The van der Waals surface area contributed by atoms with Crippen LogP contribution in [0.1, 0.15) is 31.0 Å². The second-order valence-electron chi connectivity index (χ2n) is 7.55. The van der Waals surface area contributed by atoms with Crippen LogP contribution in [0.25, 0.3) is 0 Å². The molecule has 0 heterocycles. The predicted molar refractivity (Wildman–Crippen MR) is 133 cm³/mol. The molecule has 0 aliphatic heterocycles. The maximum absolute atomic E-state index is 13.2. The van der Waals surface area contributed by atoms with Gasteiger partial charge in [0.25, 0.3) is 0 Å². The molecular formula is C25H27BrN2O4S. The molecule has 2 unspecified atom stereocenters. The van der Waals surface area contributed by atoms with E-state index < -0.39 is 22.0 Å². The van der Waals surface area contributed by atoms with Crippen molar-refractivity contribution in [3.63, 3.8) is 0 Å². The summed E-state index contributed by atoms with van der Waals surface area (Å²) in [7, 11) is -3.93. The van der Waals surface area contributed by atoms with Crippen molar-refractivity contribution in [1.82, 2.24) is 10.0 Å². The standard InChI is InChI=1S/C25H27BrN2O4S/c1-3-32-22-13-15-23(16-14-22)33(30,31)28-24(17-19-7-5-4-6-8-19)25(29)27-18(2)20-9-11-21(26)12-10-20/h4-16,18,24,28H,3,17H2,1-2H3,(H,27,29). The highest BCUT2D eigenvalue weighted by Gasteiger charge is 2.27. The molecule has 3 aromatic rings. The third-order valence-electron chi connectivity index (χ3n) is 5.07. The van der Waals surface area contributed by atoms with Gasteiger partial charge in [-0.05, 0) is 67.8 Å². The summed E-state index contributed by atoms with van der Waals surface area (Å²) < 4.78 is 35.0. The van der Waals surface area contributed by atoms with E-state index in [4.69, 9.17) is 4.74 Å². The third kappa shape index (κ3) is 7.15. The van der Waals surface area contributed by atoms with Crippen LogP contribution in [0.3, 0.4) is 0 Å². The molecule has 3 rings (SSSR count). The second-order valence-corrected chi connectivity index (χ2v) is 10.2. The van der Waals surface area contributed by atoms with Gasteiger partial charge < -0.3 is 10.1 Å². The number of amides is 1. The molecule has 0 spiro atoms. The number of ether oxygens (including phenoxy) is 1. The molecule has 8 heteroatoms. The van der Waals surface area contributed by atoms with Crippen LogP contribution in [0.5, 0.6) is 5.75 Å². The molecule has 0 aliphatic rings. The summed E-state index contributed by atoms with van der Waals surface area (Å²) >= 11 is 3.40. The van der Waals surface area contributed by atoms with Crippen LogP contribution in [0.2, 0.25) is 0 Å². The molecule has 0 bridgehead atoms. The molecule has 33 heavy (non-hydrogen) atoms. The van der Waals surface area contributed by atoms with Gasteiger partial charge in [0, 0.05) is 4.47 Å². The van der Waals surface area contributed by atoms with Gasteiger partial charge in [0.15, 0.2) is 0 Å². The summed E-state index contributed by atoms with van der Waals surface area (Å²) in [5.41, 5.74) is 1.77. The van der Waals surface area contributed by atoms with Crippen LogP contribution >= 0.6 is 15.9 Å².